The van der Waals surface area contributed by atoms with Crippen molar-refractivity contribution in [3.63, 3.8) is 0 Å². The Kier molecular flexibility index (Phi) is 4.24. The van der Waals surface area contributed by atoms with Crippen LogP contribution < -0.4 is 0 Å². The average Bonchev–Trinajstić information content (AvgIpc) is 3.08. The van der Waals surface area contributed by atoms with Crippen LogP contribution in [0, 0.1) is 34.1 Å². The molecule has 120 valence electrons. The van der Waals surface area contributed by atoms with Gasteiger partial charge >= 0.3 is 0 Å². The molecule has 23 heavy (non-hydrogen) atoms. The highest BCUT2D eigenvalue weighted by molar-refractivity contribution is 5.45. The standard InChI is InChI=1S/C19H24N4/c1-15-10-16(2)19(12-23-9-7-21(5)14-23)17(3)18(15)11-22-8-6-20(4)13-22/h6-10H,11-12H2,1-5H3. The van der Waals surface area contributed by atoms with Crippen LogP contribution in [0.15, 0.2) is 30.9 Å². The Labute approximate surface area is 140 Å². The molecule has 0 aliphatic carbocycles. The highest BCUT2D eigenvalue weighted by Gasteiger charge is 2.19. The maximum Gasteiger partial charge on any atom is 0.207 e. The van der Waals surface area contributed by atoms with Gasteiger partial charge in [0.25, 0.3) is 0 Å². The topological polar surface area (TPSA) is 13.0 Å². The van der Waals surface area contributed by atoms with Crippen LogP contribution in [-0.2, 0) is 13.1 Å². The van der Waals surface area contributed by atoms with Gasteiger partial charge in [0.15, 0.2) is 0 Å². The fourth-order valence-electron chi connectivity index (χ4n) is 3.18. The van der Waals surface area contributed by atoms with Crippen molar-refractivity contribution in [1.29, 1.82) is 0 Å². The Morgan fingerprint density at radius 2 is 1.17 bits per heavy atom. The number of aryl methyl sites for hydroxylation is 2. The fourth-order valence-corrected chi connectivity index (χ4v) is 3.18. The van der Waals surface area contributed by atoms with Crippen molar-refractivity contribution in [3.05, 3.63) is 72.0 Å². The second kappa shape index (κ2) is 6.19. The van der Waals surface area contributed by atoms with Crippen LogP contribution in [0.2, 0.25) is 0 Å². The van der Waals surface area contributed by atoms with E-state index in [0.717, 1.165) is 13.1 Å². The average molecular weight is 308 g/mol. The molecule has 0 atom stereocenters. The summed E-state index contributed by atoms with van der Waals surface area (Å²) in [5, 5.41) is 0. The minimum absolute atomic E-state index is 0.856. The molecule has 0 bridgehead atoms. The number of hydrogen-bond donors (Lipinski definition) is 0. The lowest BCUT2D eigenvalue weighted by Gasteiger charge is -2.24. The quantitative estimate of drug-likeness (QED) is 0.847. The zero-order valence-corrected chi connectivity index (χ0v) is 14.6. The van der Waals surface area contributed by atoms with E-state index in [9.17, 15) is 0 Å². The Bertz CT molecular complexity index is 595. The molecule has 0 saturated carbocycles. The lowest BCUT2D eigenvalue weighted by atomic mass is 9.93. The second-order valence-corrected chi connectivity index (χ2v) is 6.37. The number of nitrogens with zero attached hydrogens (tertiary/aromatic N) is 4. The molecule has 0 amide bonds. The molecule has 2 aliphatic heterocycles. The minimum atomic E-state index is 0.856. The highest BCUT2D eigenvalue weighted by Crippen LogP contribution is 2.27. The summed E-state index contributed by atoms with van der Waals surface area (Å²) in [7, 11) is 4.00. The fraction of sp³-hybridized carbons (Fsp3) is 0.368. The molecule has 2 heterocycles. The van der Waals surface area contributed by atoms with E-state index in [1.54, 1.807) is 0 Å². The predicted octanol–water partition coefficient (Wildman–Crippen LogP) is 3.04. The van der Waals surface area contributed by atoms with Crippen molar-refractivity contribution >= 4 is 0 Å². The van der Waals surface area contributed by atoms with Crippen molar-refractivity contribution in [2.75, 3.05) is 14.1 Å². The zero-order valence-electron chi connectivity index (χ0n) is 14.6. The van der Waals surface area contributed by atoms with Crippen molar-refractivity contribution in [1.82, 2.24) is 19.6 Å². The molecule has 1 aromatic carbocycles. The molecule has 0 saturated heterocycles. The van der Waals surface area contributed by atoms with Crippen LogP contribution in [0.25, 0.3) is 0 Å². The van der Waals surface area contributed by atoms with Gasteiger partial charge in [-0.3, -0.25) is 0 Å². The van der Waals surface area contributed by atoms with E-state index >= 15 is 0 Å². The molecule has 0 unspecified atom stereocenters. The van der Waals surface area contributed by atoms with E-state index in [2.05, 4.69) is 62.4 Å². The van der Waals surface area contributed by atoms with Gasteiger partial charge in [0.1, 0.15) is 0 Å². The third-order valence-electron chi connectivity index (χ3n) is 4.46. The first kappa shape index (κ1) is 15.8. The summed E-state index contributed by atoms with van der Waals surface area (Å²) in [6, 6.07) is 2.30. The van der Waals surface area contributed by atoms with Crippen LogP contribution in [0.5, 0.6) is 0 Å². The maximum atomic E-state index is 3.28. The largest absolute Gasteiger partial charge is 0.349 e. The van der Waals surface area contributed by atoms with Gasteiger partial charge in [-0.05, 0) is 48.6 Å². The van der Waals surface area contributed by atoms with Crippen LogP contribution in [0.3, 0.4) is 0 Å². The number of benzene rings is 1. The molecule has 0 aromatic heterocycles. The monoisotopic (exact) mass is 308 g/mol. The first-order chi connectivity index (χ1) is 10.9. The maximum absolute atomic E-state index is 3.28. The zero-order chi connectivity index (χ0) is 16.6. The molecular formula is C19H24N4. The molecule has 4 radical (unpaired) electrons. The highest BCUT2D eigenvalue weighted by atomic mass is 15.3. The molecule has 0 N–H and O–H groups in total. The second-order valence-electron chi connectivity index (χ2n) is 6.37. The third kappa shape index (κ3) is 3.31. The van der Waals surface area contributed by atoms with Crippen molar-refractivity contribution < 1.29 is 0 Å². The van der Waals surface area contributed by atoms with Crippen LogP contribution >= 0.6 is 0 Å². The normalized spacial score (nSPS) is 17.1. The molecule has 4 heteroatoms. The molecule has 0 fully saturated rings. The van der Waals surface area contributed by atoms with Gasteiger partial charge in [-0.25, -0.2) is 0 Å². The summed E-state index contributed by atoms with van der Waals surface area (Å²) in [6.45, 7) is 14.9. The first-order valence-corrected chi connectivity index (χ1v) is 7.91. The molecular weight excluding hydrogens is 284 g/mol. The van der Waals surface area contributed by atoms with Gasteiger partial charge < -0.3 is 19.6 Å². The third-order valence-corrected chi connectivity index (χ3v) is 4.46. The van der Waals surface area contributed by atoms with E-state index < -0.39 is 0 Å². The first-order valence-electron chi connectivity index (χ1n) is 7.91. The Morgan fingerprint density at radius 3 is 1.52 bits per heavy atom. The summed E-state index contributed by atoms with van der Waals surface area (Å²) in [5.41, 5.74) is 6.83. The lowest BCUT2D eigenvalue weighted by Crippen LogP contribution is -2.20. The van der Waals surface area contributed by atoms with Gasteiger partial charge in [0, 0.05) is 52.0 Å². The minimum Gasteiger partial charge on any atom is -0.349 e. The van der Waals surface area contributed by atoms with Crippen LogP contribution in [0.1, 0.15) is 27.8 Å². The summed E-state index contributed by atoms with van der Waals surface area (Å²) in [4.78, 5) is 8.12. The van der Waals surface area contributed by atoms with Crippen LogP contribution in [0.4, 0.5) is 0 Å². The number of rotatable bonds is 4. The van der Waals surface area contributed by atoms with Gasteiger partial charge in [-0.1, -0.05) is 6.07 Å². The molecule has 3 rings (SSSR count). The molecule has 2 aliphatic rings. The Balaban J connectivity index is 1.83. The summed E-state index contributed by atoms with van der Waals surface area (Å²) < 4.78 is 0. The summed E-state index contributed by atoms with van der Waals surface area (Å²) in [5.74, 6) is 0. The van der Waals surface area contributed by atoms with E-state index in [1.165, 1.54) is 27.8 Å². The van der Waals surface area contributed by atoms with Gasteiger partial charge in [-0.15, -0.1) is 0 Å². The predicted molar refractivity (Wildman–Crippen MR) is 92.0 cm³/mol. The smallest absolute Gasteiger partial charge is 0.207 e. The van der Waals surface area contributed by atoms with Gasteiger partial charge in [-0.2, -0.15) is 0 Å². The van der Waals surface area contributed by atoms with Gasteiger partial charge in [0.05, 0.1) is 0 Å². The van der Waals surface area contributed by atoms with Crippen LogP contribution in [-0.4, -0.2) is 33.7 Å². The Morgan fingerprint density at radius 1 is 0.739 bits per heavy atom. The van der Waals surface area contributed by atoms with Crippen molar-refractivity contribution in [2.45, 2.75) is 33.9 Å². The molecule has 4 nitrogen and oxygen atoms in total. The van der Waals surface area contributed by atoms with E-state index in [1.807, 2.05) is 36.3 Å². The van der Waals surface area contributed by atoms with Crippen molar-refractivity contribution in [2.24, 2.45) is 0 Å². The molecule has 1 aromatic rings. The van der Waals surface area contributed by atoms with E-state index in [-0.39, 0.29) is 0 Å². The number of hydrogen-bond acceptors (Lipinski definition) is 4. The lowest BCUT2D eigenvalue weighted by molar-refractivity contribution is 0.367. The van der Waals surface area contributed by atoms with E-state index in [0.29, 0.717) is 0 Å². The Hall–Kier alpha value is -2.10. The SMILES string of the molecule is Cc1cc(C)c(CN2[C]N(C)C=C2)c(C)c1CN1[C]N(C)C=C1. The van der Waals surface area contributed by atoms with E-state index in [4.69, 9.17) is 0 Å². The van der Waals surface area contributed by atoms with Gasteiger partial charge in [0.2, 0.25) is 13.3 Å². The van der Waals surface area contributed by atoms with Crippen molar-refractivity contribution in [3.8, 4) is 0 Å². The summed E-state index contributed by atoms with van der Waals surface area (Å²) >= 11 is 0. The molecule has 0 spiro atoms. The summed E-state index contributed by atoms with van der Waals surface area (Å²) in [6.07, 6.45) is 8.18.